The molecule has 24 heavy (non-hydrogen) atoms. The van der Waals surface area contributed by atoms with E-state index in [4.69, 9.17) is 14.2 Å². The molecule has 1 aliphatic rings. The van der Waals surface area contributed by atoms with E-state index < -0.39 is 6.10 Å². The van der Waals surface area contributed by atoms with Gasteiger partial charge in [0.05, 0.1) is 6.61 Å². The zero-order chi connectivity index (χ0) is 16.8. The van der Waals surface area contributed by atoms with Gasteiger partial charge in [-0.3, -0.25) is 4.90 Å². The van der Waals surface area contributed by atoms with Gasteiger partial charge in [0, 0.05) is 27.3 Å². The second-order valence-corrected chi connectivity index (χ2v) is 5.14. The van der Waals surface area contributed by atoms with Crippen molar-refractivity contribution >= 4 is 0 Å². The van der Waals surface area contributed by atoms with Crippen LogP contribution >= 0.6 is 0 Å². The van der Waals surface area contributed by atoms with E-state index in [0.29, 0.717) is 31.3 Å². The van der Waals surface area contributed by atoms with Gasteiger partial charge in [0.1, 0.15) is 37.5 Å². The van der Waals surface area contributed by atoms with E-state index in [1.165, 1.54) is 25.3 Å². The molecule has 3 unspecified atom stereocenters. The Kier molecular flexibility index (Phi) is 5.64. The standard InChI is InChI=1S/C14H19N7O3/c1-22-11(12-17-6-15-7-18-12)10-5-21(3-4-24-10)14(23-2)13-19-8-16-9-20-13/h6-11,14H,3-5H2,1-2H3. The fourth-order valence-electron chi connectivity index (χ4n) is 2.70. The summed E-state index contributed by atoms with van der Waals surface area (Å²) in [6.45, 7) is 1.78. The van der Waals surface area contributed by atoms with Gasteiger partial charge in [-0.25, -0.2) is 29.9 Å². The van der Waals surface area contributed by atoms with Crippen LogP contribution in [0.15, 0.2) is 25.3 Å². The molecule has 0 aromatic carbocycles. The van der Waals surface area contributed by atoms with Crippen molar-refractivity contribution in [1.29, 1.82) is 0 Å². The molecule has 1 fully saturated rings. The van der Waals surface area contributed by atoms with Crippen molar-refractivity contribution < 1.29 is 14.2 Å². The molecule has 1 saturated heterocycles. The molecule has 0 saturated carbocycles. The number of hydrogen-bond donors (Lipinski definition) is 0. The number of hydrogen-bond acceptors (Lipinski definition) is 10. The minimum atomic E-state index is -0.397. The minimum Gasteiger partial charge on any atom is -0.372 e. The van der Waals surface area contributed by atoms with E-state index in [0.717, 1.165) is 0 Å². The van der Waals surface area contributed by atoms with Crippen molar-refractivity contribution in [3.63, 3.8) is 0 Å². The third-order valence-corrected chi connectivity index (χ3v) is 3.77. The largest absolute Gasteiger partial charge is 0.372 e. The number of aromatic nitrogens is 6. The summed E-state index contributed by atoms with van der Waals surface area (Å²) in [4.78, 5) is 26.5. The van der Waals surface area contributed by atoms with Crippen LogP contribution in [0, 0.1) is 0 Å². The summed E-state index contributed by atoms with van der Waals surface area (Å²) in [6.07, 6.45) is 4.77. The van der Waals surface area contributed by atoms with Crippen LogP contribution in [0.5, 0.6) is 0 Å². The lowest BCUT2D eigenvalue weighted by atomic mass is 10.1. The highest BCUT2D eigenvalue weighted by molar-refractivity contribution is 4.97. The summed E-state index contributed by atoms with van der Waals surface area (Å²) < 4.78 is 17.0. The Bertz CT molecular complexity index is 565. The van der Waals surface area contributed by atoms with Crippen molar-refractivity contribution in [1.82, 2.24) is 34.8 Å². The summed E-state index contributed by atoms with van der Waals surface area (Å²) in [5, 5.41) is 0. The van der Waals surface area contributed by atoms with Crippen molar-refractivity contribution in [2.45, 2.75) is 18.4 Å². The summed E-state index contributed by atoms with van der Waals surface area (Å²) in [5.41, 5.74) is 0. The van der Waals surface area contributed by atoms with E-state index in [9.17, 15) is 0 Å². The maximum atomic E-state index is 5.87. The second-order valence-electron chi connectivity index (χ2n) is 5.14. The molecule has 3 heterocycles. The van der Waals surface area contributed by atoms with Crippen LogP contribution in [0.1, 0.15) is 24.0 Å². The van der Waals surface area contributed by atoms with E-state index in [1.807, 2.05) is 0 Å². The number of methoxy groups -OCH3 is 2. The predicted octanol–water partition coefficient (Wildman–Crippen LogP) is -0.210. The summed E-state index contributed by atoms with van der Waals surface area (Å²) in [5.74, 6) is 1.09. The molecule has 0 spiro atoms. The summed E-state index contributed by atoms with van der Waals surface area (Å²) in [6, 6.07) is 0. The number of nitrogens with zero attached hydrogens (tertiary/aromatic N) is 7. The monoisotopic (exact) mass is 333 g/mol. The normalized spacial score (nSPS) is 21.3. The van der Waals surface area contributed by atoms with Crippen molar-refractivity contribution in [2.75, 3.05) is 33.9 Å². The van der Waals surface area contributed by atoms with E-state index >= 15 is 0 Å². The topological polar surface area (TPSA) is 108 Å². The first kappa shape index (κ1) is 16.7. The van der Waals surface area contributed by atoms with Gasteiger partial charge in [0.2, 0.25) is 0 Å². The zero-order valence-corrected chi connectivity index (χ0v) is 13.5. The van der Waals surface area contributed by atoms with Gasteiger partial charge in [-0.05, 0) is 0 Å². The lowest BCUT2D eigenvalue weighted by Crippen LogP contribution is -2.47. The third-order valence-electron chi connectivity index (χ3n) is 3.77. The Labute approximate surface area is 139 Å². The molecule has 0 amide bonds. The summed E-state index contributed by atoms with van der Waals surface area (Å²) >= 11 is 0. The van der Waals surface area contributed by atoms with Gasteiger partial charge < -0.3 is 14.2 Å². The first-order valence-electron chi connectivity index (χ1n) is 7.48. The number of morpholine rings is 1. The molecular formula is C14H19N7O3. The lowest BCUT2D eigenvalue weighted by molar-refractivity contribution is -0.148. The van der Waals surface area contributed by atoms with Gasteiger partial charge in [0.15, 0.2) is 17.9 Å². The average Bonchev–Trinajstić information content (AvgIpc) is 2.65. The molecule has 2 aromatic heterocycles. The van der Waals surface area contributed by atoms with Crippen molar-refractivity contribution in [2.24, 2.45) is 0 Å². The van der Waals surface area contributed by atoms with E-state index in [-0.39, 0.29) is 12.3 Å². The molecule has 2 aromatic rings. The number of rotatable bonds is 6. The van der Waals surface area contributed by atoms with Crippen molar-refractivity contribution in [3.8, 4) is 0 Å². The Morgan fingerprint density at radius 1 is 1.00 bits per heavy atom. The minimum absolute atomic E-state index is 0.245. The average molecular weight is 333 g/mol. The fraction of sp³-hybridized carbons (Fsp3) is 0.571. The maximum absolute atomic E-state index is 5.87. The molecule has 128 valence electrons. The summed E-state index contributed by atoms with van der Waals surface area (Å²) in [7, 11) is 3.23. The van der Waals surface area contributed by atoms with Crippen LogP contribution < -0.4 is 0 Å². The Morgan fingerprint density at radius 2 is 1.62 bits per heavy atom. The Hall–Kier alpha value is -2.14. The fourth-order valence-corrected chi connectivity index (χ4v) is 2.70. The zero-order valence-electron chi connectivity index (χ0n) is 13.5. The maximum Gasteiger partial charge on any atom is 0.175 e. The molecule has 0 N–H and O–H groups in total. The van der Waals surface area contributed by atoms with Crippen molar-refractivity contribution in [3.05, 3.63) is 37.0 Å². The van der Waals surface area contributed by atoms with Gasteiger partial charge in [0.25, 0.3) is 0 Å². The molecule has 3 rings (SSSR count). The molecule has 3 atom stereocenters. The van der Waals surface area contributed by atoms with E-state index in [2.05, 4.69) is 34.8 Å². The van der Waals surface area contributed by atoms with Crippen LogP contribution in [0.3, 0.4) is 0 Å². The molecule has 0 bridgehead atoms. The molecule has 0 radical (unpaired) electrons. The van der Waals surface area contributed by atoms with Gasteiger partial charge >= 0.3 is 0 Å². The lowest BCUT2D eigenvalue weighted by Gasteiger charge is -2.38. The molecule has 10 heteroatoms. The van der Waals surface area contributed by atoms with Crippen LogP contribution in [0.25, 0.3) is 0 Å². The van der Waals surface area contributed by atoms with Crippen LogP contribution in [-0.2, 0) is 14.2 Å². The first-order chi connectivity index (χ1) is 11.8. The quantitative estimate of drug-likeness (QED) is 0.704. The first-order valence-corrected chi connectivity index (χ1v) is 7.48. The molecule has 1 aliphatic heterocycles. The van der Waals surface area contributed by atoms with Crippen LogP contribution in [0.2, 0.25) is 0 Å². The SMILES string of the molecule is COC(c1ncncn1)C1CN(C(OC)c2ncncn2)CCO1. The van der Waals surface area contributed by atoms with Gasteiger partial charge in [-0.2, -0.15) is 0 Å². The molecule has 10 nitrogen and oxygen atoms in total. The van der Waals surface area contributed by atoms with E-state index in [1.54, 1.807) is 14.2 Å². The highest BCUT2D eigenvalue weighted by atomic mass is 16.5. The number of ether oxygens (including phenoxy) is 3. The van der Waals surface area contributed by atoms with Crippen LogP contribution in [0.4, 0.5) is 0 Å². The highest BCUT2D eigenvalue weighted by Crippen LogP contribution is 2.27. The molecular weight excluding hydrogens is 314 g/mol. The van der Waals surface area contributed by atoms with Gasteiger partial charge in [-0.1, -0.05) is 0 Å². The Balaban J connectivity index is 1.76. The smallest absolute Gasteiger partial charge is 0.175 e. The third kappa shape index (κ3) is 3.67. The highest BCUT2D eigenvalue weighted by Gasteiger charge is 2.35. The van der Waals surface area contributed by atoms with Crippen LogP contribution in [-0.4, -0.2) is 74.8 Å². The van der Waals surface area contributed by atoms with Gasteiger partial charge in [-0.15, -0.1) is 0 Å². The predicted molar refractivity (Wildman–Crippen MR) is 80.5 cm³/mol. The molecule has 0 aliphatic carbocycles. The second kappa shape index (κ2) is 8.11. The Morgan fingerprint density at radius 3 is 2.21 bits per heavy atom.